The first-order valence-corrected chi connectivity index (χ1v) is 5.51. The summed E-state index contributed by atoms with van der Waals surface area (Å²) in [5.41, 5.74) is -0.127. The quantitative estimate of drug-likeness (QED) is 0.576. The van der Waals surface area contributed by atoms with Crippen LogP contribution in [0.1, 0.15) is 25.7 Å². The van der Waals surface area contributed by atoms with Crippen molar-refractivity contribution in [1.82, 2.24) is 4.90 Å². The van der Waals surface area contributed by atoms with Gasteiger partial charge in [-0.15, -0.1) is 0 Å². The summed E-state index contributed by atoms with van der Waals surface area (Å²) in [7, 11) is 0. The fraction of sp³-hybridized carbons (Fsp3) is 1.00. The van der Waals surface area contributed by atoms with Crippen molar-refractivity contribution in [2.45, 2.75) is 35.0 Å². The maximum Gasteiger partial charge on any atom is 0.208 e. The highest BCUT2D eigenvalue weighted by molar-refractivity contribution is 6.68. The minimum Gasteiger partial charge on any atom is -0.294 e. The van der Waals surface area contributed by atoms with E-state index >= 15 is 0 Å². The second-order valence-corrected chi connectivity index (χ2v) is 6.00. The number of halogens is 3. The molecule has 0 spiro atoms. The highest BCUT2D eigenvalue weighted by atomic mass is 35.6. The number of hydrogen-bond donors (Lipinski definition) is 0. The Balaban J connectivity index is 2.28. The van der Waals surface area contributed by atoms with Crippen LogP contribution in [-0.2, 0) is 0 Å². The number of hydrogen-bond acceptors (Lipinski definition) is 1. The molecule has 70 valence electrons. The molecule has 12 heavy (non-hydrogen) atoms. The van der Waals surface area contributed by atoms with E-state index in [1.807, 2.05) is 0 Å². The molecule has 2 fully saturated rings. The molecule has 1 nitrogen and oxygen atoms in total. The van der Waals surface area contributed by atoms with Gasteiger partial charge in [-0.05, 0) is 38.8 Å². The van der Waals surface area contributed by atoms with E-state index in [-0.39, 0.29) is 5.54 Å². The third-order valence-electron chi connectivity index (χ3n) is 3.17. The number of rotatable bonds is 0. The topological polar surface area (TPSA) is 3.24 Å². The molecule has 0 atom stereocenters. The van der Waals surface area contributed by atoms with Gasteiger partial charge < -0.3 is 0 Å². The van der Waals surface area contributed by atoms with Crippen molar-refractivity contribution in [2.24, 2.45) is 0 Å². The molecule has 0 aromatic carbocycles. The molecule has 0 aliphatic carbocycles. The normalized spacial score (nSPS) is 29.2. The molecule has 0 radical (unpaired) electrons. The lowest BCUT2D eigenvalue weighted by Gasteiger charge is -2.38. The molecule has 0 amide bonds. The molecular formula is C8H12Cl3N. The minimum absolute atomic E-state index is 0.127. The van der Waals surface area contributed by atoms with Gasteiger partial charge in [-0.25, -0.2) is 0 Å². The van der Waals surface area contributed by atoms with Gasteiger partial charge in [0.1, 0.15) is 0 Å². The Labute approximate surface area is 88.0 Å². The first-order valence-electron chi connectivity index (χ1n) is 4.38. The SMILES string of the molecule is ClC(Cl)(Cl)C12CCCN1CCC2. The molecule has 0 saturated carbocycles. The summed E-state index contributed by atoms with van der Waals surface area (Å²) in [5.74, 6) is 0. The van der Waals surface area contributed by atoms with Crippen LogP contribution in [0.25, 0.3) is 0 Å². The largest absolute Gasteiger partial charge is 0.294 e. The predicted molar refractivity (Wildman–Crippen MR) is 53.1 cm³/mol. The molecule has 2 saturated heterocycles. The van der Waals surface area contributed by atoms with E-state index in [0.717, 1.165) is 25.9 Å². The molecular weight excluding hydrogens is 216 g/mol. The van der Waals surface area contributed by atoms with Crippen LogP contribution < -0.4 is 0 Å². The van der Waals surface area contributed by atoms with Gasteiger partial charge in [-0.3, -0.25) is 4.90 Å². The standard InChI is InChI=1S/C8H12Cl3N/c9-8(10,11)7-3-1-5-12(7)6-2-4-7/h1-6H2. The van der Waals surface area contributed by atoms with Gasteiger partial charge in [0.05, 0.1) is 5.54 Å². The summed E-state index contributed by atoms with van der Waals surface area (Å²) in [6, 6.07) is 0. The number of alkyl halides is 3. The van der Waals surface area contributed by atoms with E-state index in [1.165, 1.54) is 12.8 Å². The molecule has 0 aromatic rings. The molecule has 4 heteroatoms. The van der Waals surface area contributed by atoms with Crippen LogP contribution in [0.4, 0.5) is 0 Å². The minimum atomic E-state index is -1.10. The van der Waals surface area contributed by atoms with Crippen molar-refractivity contribution >= 4 is 34.8 Å². The zero-order chi connectivity index (χ0) is 8.82. The van der Waals surface area contributed by atoms with E-state index in [9.17, 15) is 0 Å². The first-order chi connectivity index (χ1) is 5.56. The van der Waals surface area contributed by atoms with Crippen molar-refractivity contribution in [3.63, 3.8) is 0 Å². The summed E-state index contributed by atoms with van der Waals surface area (Å²) in [6.45, 7) is 2.21. The second-order valence-electron chi connectivity index (χ2n) is 3.72. The lowest BCUT2D eigenvalue weighted by atomic mass is 9.96. The molecule has 2 heterocycles. The van der Waals surface area contributed by atoms with Crippen molar-refractivity contribution in [1.29, 1.82) is 0 Å². The Bertz CT molecular complexity index is 177. The van der Waals surface area contributed by atoms with E-state index in [0.29, 0.717) is 0 Å². The summed E-state index contributed by atoms with van der Waals surface area (Å²) in [4.78, 5) is 2.35. The molecule has 2 aliphatic rings. The molecule has 2 aliphatic heterocycles. The number of nitrogens with zero attached hydrogens (tertiary/aromatic N) is 1. The zero-order valence-electron chi connectivity index (χ0n) is 6.82. The van der Waals surface area contributed by atoms with Gasteiger partial charge in [-0.1, -0.05) is 34.8 Å². The predicted octanol–water partition coefficient (Wildman–Crippen LogP) is 2.99. The Morgan fingerprint density at radius 2 is 1.50 bits per heavy atom. The molecule has 0 unspecified atom stereocenters. The Hall–Kier alpha value is 0.830. The van der Waals surface area contributed by atoms with E-state index in [2.05, 4.69) is 4.90 Å². The van der Waals surface area contributed by atoms with Crippen LogP contribution in [0, 0.1) is 0 Å². The van der Waals surface area contributed by atoms with Gasteiger partial charge in [0.2, 0.25) is 3.79 Å². The maximum atomic E-state index is 6.02. The first kappa shape index (κ1) is 9.39. The highest BCUT2D eigenvalue weighted by Crippen LogP contribution is 2.53. The lowest BCUT2D eigenvalue weighted by Crippen LogP contribution is -2.49. The van der Waals surface area contributed by atoms with Gasteiger partial charge in [0, 0.05) is 0 Å². The third-order valence-corrected chi connectivity index (χ3v) is 4.23. The van der Waals surface area contributed by atoms with E-state index in [4.69, 9.17) is 34.8 Å². The lowest BCUT2D eigenvalue weighted by molar-refractivity contribution is 0.199. The fourth-order valence-corrected chi connectivity index (χ4v) is 3.49. The average molecular weight is 229 g/mol. The highest BCUT2D eigenvalue weighted by Gasteiger charge is 2.56. The van der Waals surface area contributed by atoms with Crippen molar-refractivity contribution < 1.29 is 0 Å². The van der Waals surface area contributed by atoms with Crippen LogP contribution >= 0.6 is 34.8 Å². The summed E-state index contributed by atoms with van der Waals surface area (Å²) in [6.07, 6.45) is 4.44. The molecule has 2 rings (SSSR count). The summed E-state index contributed by atoms with van der Waals surface area (Å²) in [5, 5.41) is 0. The van der Waals surface area contributed by atoms with Crippen LogP contribution in [0.2, 0.25) is 0 Å². The van der Waals surface area contributed by atoms with Crippen LogP contribution in [0.5, 0.6) is 0 Å². The molecule has 0 N–H and O–H groups in total. The maximum absolute atomic E-state index is 6.02. The molecule has 0 bridgehead atoms. The van der Waals surface area contributed by atoms with Crippen molar-refractivity contribution in [3.8, 4) is 0 Å². The van der Waals surface area contributed by atoms with Crippen molar-refractivity contribution in [3.05, 3.63) is 0 Å². The Kier molecular flexibility index (Phi) is 2.28. The van der Waals surface area contributed by atoms with Gasteiger partial charge >= 0.3 is 0 Å². The third kappa shape index (κ3) is 1.18. The summed E-state index contributed by atoms with van der Waals surface area (Å²) < 4.78 is -1.10. The zero-order valence-corrected chi connectivity index (χ0v) is 9.09. The Morgan fingerprint density at radius 3 is 1.83 bits per heavy atom. The monoisotopic (exact) mass is 227 g/mol. The average Bonchev–Trinajstić information content (AvgIpc) is 2.37. The van der Waals surface area contributed by atoms with Crippen LogP contribution in [0.3, 0.4) is 0 Å². The van der Waals surface area contributed by atoms with Crippen molar-refractivity contribution in [2.75, 3.05) is 13.1 Å². The molecule has 0 aromatic heterocycles. The smallest absolute Gasteiger partial charge is 0.208 e. The number of fused-ring (bicyclic) bond motifs is 1. The van der Waals surface area contributed by atoms with E-state index < -0.39 is 3.79 Å². The summed E-state index contributed by atoms with van der Waals surface area (Å²) >= 11 is 18.1. The van der Waals surface area contributed by atoms with Gasteiger partial charge in [0.15, 0.2) is 0 Å². The second kappa shape index (κ2) is 2.91. The Morgan fingerprint density at radius 1 is 1.00 bits per heavy atom. The van der Waals surface area contributed by atoms with Gasteiger partial charge in [-0.2, -0.15) is 0 Å². The fourth-order valence-electron chi connectivity index (χ4n) is 2.57. The van der Waals surface area contributed by atoms with E-state index in [1.54, 1.807) is 0 Å². The van der Waals surface area contributed by atoms with Crippen LogP contribution in [-0.4, -0.2) is 27.3 Å². The van der Waals surface area contributed by atoms with Gasteiger partial charge in [0.25, 0.3) is 0 Å². The van der Waals surface area contributed by atoms with Crippen LogP contribution in [0.15, 0.2) is 0 Å².